The number of methoxy groups -OCH3 is 1. The summed E-state index contributed by atoms with van der Waals surface area (Å²) in [4.78, 5) is 25.9. The van der Waals surface area contributed by atoms with Gasteiger partial charge < -0.3 is 25.4 Å². The predicted octanol–water partition coefficient (Wildman–Crippen LogP) is 3.00. The Hall–Kier alpha value is -3.55. The molecule has 170 valence electrons. The van der Waals surface area contributed by atoms with E-state index in [4.69, 9.17) is 20.6 Å². The Bertz CT molecular complexity index is 943. The number of ether oxygens (including phenoxy) is 2. The van der Waals surface area contributed by atoms with E-state index < -0.39 is 0 Å². The lowest BCUT2D eigenvalue weighted by Crippen LogP contribution is -2.45. The fourth-order valence-electron chi connectivity index (χ4n) is 3.92. The maximum atomic E-state index is 12.5. The number of hydrogen-bond acceptors (Lipinski definition) is 5. The molecule has 0 radical (unpaired) electrons. The molecule has 2 amide bonds. The van der Waals surface area contributed by atoms with Gasteiger partial charge in [-0.3, -0.25) is 10.2 Å². The third-order valence-corrected chi connectivity index (χ3v) is 5.60. The van der Waals surface area contributed by atoms with Crippen molar-refractivity contribution >= 4 is 17.8 Å². The molecular formula is C24H30N4O4. The van der Waals surface area contributed by atoms with E-state index in [1.165, 1.54) is 7.11 Å². The van der Waals surface area contributed by atoms with Gasteiger partial charge in [-0.05, 0) is 42.5 Å². The van der Waals surface area contributed by atoms with Gasteiger partial charge in [-0.1, -0.05) is 36.4 Å². The van der Waals surface area contributed by atoms with Gasteiger partial charge in [0.1, 0.15) is 18.2 Å². The van der Waals surface area contributed by atoms with Crippen molar-refractivity contribution in [2.75, 3.05) is 26.8 Å². The van der Waals surface area contributed by atoms with Crippen LogP contribution in [0.25, 0.3) is 11.1 Å². The maximum Gasteiger partial charge on any atom is 0.317 e. The predicted molar refractivity (Wildman–Crippen MR) is 123 cm³/mol. The van der Waals surface area contributed by atoms with Crippen LogP contribution in [0.1, 0.15) is 25.3 Å². The van der Waals surface area contributed by atoms with E-state index >= 15 is 0 Å². The highest BCUT2D eigenvalue weighted by atomic mass is 16.5. The summed E-state index contributed by atoms with van der Waals surface area (Å²) in [6.45, 7) is 3.27. The zero-order chi connectivity index (χ0) is 23.1. The van der Waals surface area contributed by atoms with Gasteiger partial charge in [0.2, 0.25) is 0 Å². The van der Waals surface area contributed by atoms with E-state index in [2.05, 4.69) is 5.32 Å². The van der Waals surface area contributed by atoms with Gasteiger partial charge >= 0.3 is 12.0 Å². The topological polar surface area (TPSA) is 118 Å². The molecule has 0 aromatic heterocycles. The SMILES string of the molecule is CCNC(=O)N1CC(CC(=O)OC)CC1COc1ccc(-c2ccc(C(=N)N)cc2)cc1. The van der Waals surface area contributed by atoms with Gasteiger partial charge in [0, 0.05) is 18.7 Å². The van der Waals surface area contributed by atoms with Gasteiger partial charge in [-0.25, -0.2) is 4.79 Å². The molecule has 2 unspecified atom stereocenters. The molecule has 3 rings (SSSR count). The maximum absolute atomic E-state index is 12.5. The molecular weight excluding hydrogens is 408 g/mol. The summed E-state index contributed by atoms with van der Waals surface area (Å²) in [6, 6.07) is 15.0. The van der Waals surface area contributed by atoms with Crippen LogP contribution in [0.5, 0.6) is 5.75 Å². The first-order chi connectivity index (χ1) is 15.4. The van der Waals surface area contributed by atoms with Crippen molar-refractivity contribution in [2.24, 2.45) is 11.7 Å². The molecule has 0 spiro atoms. The lowest BCUT2D eigenvalue weighted by molar-refractivity contribution is -0.141. The van der Waals surface area contributed by atoms with Crippen molar-refractivity contribution < 1.29 is 19.1 Å². The largest absolute Gasteiger partial charge is 0.491 e. The Balaban J connectivity index is 1.62. The smallest absolute Gasteiger partial charge is 0.317 e. The molecule has 0 aliphatic carbocycles. The Morgan fingerprint density at radius 1 is 1.12 bits per heavy atom. The second kappa shape index (κ2) is 10.7. The number of esters is 1. The highest BCUT2D eigenvalue weighted by Crippen LogP contribution is 2.28. The van der Waals surface area contributed by atoms with Crippen molar-refractivity contribution in [3.05, 3.63) is 54.1 Å². The first kappa shape index (κ1) is 23.1. The lowest BCUT2D eigenvalue weighted by Gasteiger charge is -2.24. The van der Waals surface area contributed by atoms with Crippen molar-refractivity contribution in [1.82, 2.24) is 10.2 Å². The van der Waals surface area contributed by atoms with Crippen LogP contribution in [0.2, 0.25) is 0 Å². The van der Waals surface area contributed by atoms with Gasteiger partial charge in [0.15, 0.2) is 0 Å². The minimum Gasteiger partial charge on any atom is -0.491 e. The highest BCUT2D eigenvalue weighted by molar-refractivity contribution is 5.95. The van der Waals surface area contributed by atoms with E-state index in [0.29, 0.717) is 43.9 Å². The van der Waals surface area contributed by atoms with Crippen LogP contribution < -0.4 is 15.8 Å². The summed E-state index contributed by atoms with van der Waals surface area (Å²) in [5.41, 5.74) is 8.24. The monoisotopic (exact) mass is 438 g/mol. The van der Waals surface area contributed by atoms with E-state index in [-0.39, 0.29) is 29.8 Å². The first-order valence-electron chi connectivity index (χ1n) is 10.7. The number of amides is 2. The van der Waals surface area contributed by atoms with Gasteiger partial charge in [-0.15, -0.1) is 0 Å². The molecule has 8 heteroatoms. The number of benzene rings is 2. The average Bonchev–Trinajstić information content (AvgIpc) is 3.20. The normalized spacial score (nSPS) is 17.6. The molecule has 2 aromatic rings. The van der Waals surface area contributed by atoms with Crippen molar-refractivity contribution in [1.29, 1.82) is 5.41 Å². The van der Waals surface area contributed by atoms with Crippen LogP contribution in [0, 0.1) is 11.3 Å². The summed E-state index contributed by atoms with van der Waals surface area (Å²) in [7, 11) is 1.38. The number of hydrogen-bond donors (Lipinski definition) is 3. The van der Waals surface area contributed by atoms with Crippen molar-refractivity contribution in [3.63, 3.8) is 0 Å². The Kier molecular flexibility index (Phi) is 7.70. The van der Waals surface area contributed by atoms with E-state index in [1.807, 2.05) is 55.5 Å². The number of nitrogen functional groups attached to an aromatic ring is 1. The van der Waals surface area contributed by atoms with Crippen LogP contribution in [0.15, 0.2) is 48.5 Å². The number of amidine groups is 1. The van der Waals surface area contributed by atoms with E-state index in [1.54, 1.807) is 4.90 Å². The molecule has 1 fully saturated rings. The first-order valence-corrected chi connectivity index (χ1v) is 10.7. The molecule has 1 heterocycles. The molecule has 4 N–H and O–H groups in total. The number of nitrogens with one attached hydrogen (secondary N) is 2. The molecule has 1 aliphatic rings. The van der Waals surface area contributed by atoms with Gasteiger partial charge in [-0.2, -0.15) is 0 Å². The van der Waals surface area contributed by atoms with Gasteiger partial charge in [0.05, 0.1) is 19.6 Å². The third-order valence-electron chi connectivity index (χ3n) is 5.60. The summed E-state index contributed by atoms with van der Waals surface area (Å²) in [5, 5.41) is 10.3. The summed E-state index contributed by atoms with van der Waals surface area (Å²) in [6.07, 6.45) is 0.979. The number of carbonyl (C=O) groups excluding carboxylic acids is 2. The number of nitrogens with zero attached hydrogens (tertiary/aromatic N) is 1. The molecule has 0 saturated carbocycles. The number of nitrogens with two attached hydrogens (primary N) is 1. The average molecular weight is 439 g/mol. The van der Waals surface area contributed by atoms with E-state index in [0.717, 1.165) is 11.1 Å². The van der Waals surface area contributed by atoms with Crippen LogP contribution in [0.3, 0.4) is 0 Å². The molecule has 0 bridgehead atoms. The number of urea groups is 1. The molecule has 1 saturated heterocycles. The number of likely N-dealkylation sites (tertiary alicyclic amines) is 1. The Labute approximate surface area is 188 Å². The van der Waals surface area contributed by atoms with Crippen LogP contribution in [0.4, 0.5) is 4.79 Å². The zero-order valence-electron chi connectivity index (χ0n) is 18.5. The fourth-order valence-corrected chi connectivity index (χ4v) is 3.92. The van der Waals surface area contributed by atoms with E-state index in [9.17, 15) is 9.59 Å². The van der Waals surface area contributed by atoms with Gasteiger partial charge in [0.25, 0.3) is 0 Å². The third kappa shape index (κ3) is 5.78. The molecule has 1 aliphatic heterocycles. The van der Waals surface area contributed by atoms with Crippen LogP contribution >= 0.6 is 0 Å². The van der Waals surface area contributed by atoms with Crippen LogP contribution in [-0.2, 0) is 9.53 Å². The Morgan fingerprint density at radius 3 is 2.31 bits per heavy atom. The quantitative estimate of drug-likeness (QED) is 0.333. The zero-order valence-corrected chi connectivity index (χ0v) is 18.5. The second-order valence-corrected chi connectivity index (χ2v) is 7.85. The molecule has 8 nitrogen and oxygen atoms in total. The standard InChI is InChI=1S/C24H30N4O4/c1-3-27-24(30)28-14-16(13-22(29)31-2)12-20(28)15-32-21-10-8-18(9-11-21)17-4-6-19(7-5-17)23(25)26/h4-11,16,20H,3,12-15H2,1-2H3,(H3,25,26)(H,27,30). The molecule has 32 heavy (non-hydrogen) atoms. The summed E-state index contributed by atoms with van der Waals surface area (Å²) >= 11 is 0. The number of carbonyl (C=O) groups is 2. The minimum absolute atomic E-state index is 0.0442. The second-order valence-electron chi connectivity index (χ2n) is 7.85. The molecule has 2 atom stereocenters. The highest BCUT2D eigenvalue weighted by Gasteiger charge is 2.36. The Morgan fingerprint density at radius 2 is 1.75 bits per heavy atom. The fraction of sp³-hybridized carbons (Fsp3) is 0.375. The van der Waals surface area contributed by atoms with Crippen molar-refractivity contribution in [2.45, 2.75) is 25.8 Å². The summed E-state index contributed by atoms with van der Waals surface area (Å²) < 4.78 is 10.8. The van der Waals surface area contributed by atoms with Crippen molar-refractivity contribution in [3.8, 4) is 16.9 Å². The minimum atomic E-state index is -0.264. The number of rotatable bonds is 8. The lowest BCUT2D eigenvalue weighted by atomic mass is 10.0. The molecule has 2 aromatic carbocycles. The summed E-state index contributed by atoms with van der Waals surface area (Å²) in [5.74, 6) is 0.544. The van der Waals surface area contributed by atoms with Crippen LogP contribution in [-0.4, -0.2) is 55.6 Å².